The second-order valence-electron chi connectivity index (χ2n) is 6.18. The van der Waals surface area contributed by atoms with Gasteiger partial charge in [0.25, 0.3) is 9.84 Å². The predicted molar refractivity (Wildman–Crippen MR) is 94.6 cm³/mol. The normalized spacial score (nSPS) is 13.6. The van der Waals surface area contributed by atoms with E-state index in [4.69, 9.17) is 0 Å². The van der Waals surface area contributed by atoms with Crippen LogP contribution in [0.15, 0.2) is 45.2 Å². The Bertz CT molecular complexity index is 1490. The maximum absolute atomic E-state index is 13.0. The lowest BCUT2D eigenvalue weighted by molar-refractivity contribution is -0.138. The maximum Gasteiger partial charge on any atom is 0.501 e. The molecule has 9 nitrogen and oxygen atoms in total. The molecule has 0 unspecified atom stereocenters. The number of alkyl halides is 6. The molecule has 0 spiro atoms. The Kier molecular flexibility index (Phi) is 5.40. The first-order valence-electron chi connectivity index (χ1n) is 8.24. The van der Waals surface area contributed by atoms with E-state index >= 15 is 0 Å². The molecule has 0 aliphatic carbocycles. The summed E-state index contributed by atoms with van der Waals surface area (Å²) in [6, 6.07) is 1.11. The number of halogens is 6. The highest BCUT2D eigenvalue weighted by atomic mass is 32.2. The van der Waals surface area contributed by atoms with Crippen molar-refractivity contribution in [3.8, 4) is 5.82 Å². The molecular formula is C15H10F6N4O5S2. The number of rotatable bonds is 4. The Morgan fingerprint density at radius 2 is 1.66 bits per heavy atom. The van der Waals surface area contributed by atoms with Gasteiger partial charge >= 0.3 is 17.4 Å². The molecule has 32 heavy (non-hydrogen) atoms. The molecule has 3 heterocycles. The third-order valence-corrected chi connectivity index (χ3v) is 7.40. The lowest BCUT2D eigenvalue weighted by Crippen LogP contribution is -2.24. The first-order chi connectivity index (χ1) is 14.5. The summed E-state index contributed by atoms with van der Waals surface area (Å²) >= 11 is 0. The Morgan fingerprint density at radius 3 is 2.19 bits per heavy atom. The fourth-order valence-electron chi connectivity index (χ4n) is 2.53. The number of sulfone groups is 2. The molecule has 0 atom stereocenters. The van der Waals surface area contributed by atoms with Crippen molar-refractivity contribution < 1.29 is 43.2 Å². The number of pyridine rings is 2. The molecule has 0 saturated carbocycles. The van der Waals surface area contributed by atoms with Crippen LogP contribution in [-0.4, -0.2) is 47.3 Å². The van der Waals surface area contributed by atoms with Crippen molar-refractivity contribution in [1.82, 2.24) is 19.2 Å². The Morgan fingerprint density at radius 1 is 1.03 bits per heavy atom. The molecule has 0 saturated heterocycles. The molecule has 0 bridgehead atoms. The highest BCUT2D eigenvalue weighted by Gasteiger charge is 2.47. The van der Waals surface area contributed by atoms with E-state index in [2.05, 4.69) is 10.1 Å². The van der Waals surface area contributed by atoms with Gasteiger partial charge in [-0.15, -0.1) is 5.10 Å². The summed E-state index contributed by atoms with van der Waals surface area (Å²) in [4.78, 5) is 13.7. The van der Waals surface area contributed by atoms with Gasteiger partial charge in [0.05, 0.1) is 16.2 Å². The van der Waals surface area contributed by atoms with Crippen LogP contribution in [0.3, 0.4) is 0 Å². The topological polar surface area (TPSA) is 120 Å². The molecule has 0 aliphatic rings. The monoisotopic (exact) mass is 504 g/mol. The highest BCUT2D eigenvalue weighted by molar-refractivity contribution is 7.92. The third kappa shape index (κ3) is 3.85. The smallest absolute Gasteiger partial charge is 0.250 e. The minimum absolute atomic E-state index is 0.247. The van der Waals surface area contributed by atoms with Crippen molar-refractivity contribution in [3.05, 3.63) is 46.6 Å². The molecule has 174 valence electrons. The van der Waals surface area contributed by atoms with Gasteiger partial charge in [-0.1, -0.05) is 6.92 Å². The predicted octanol–water partition coefficient (Wildman–Crippen LogP) is 1.99. The summed E-state index contributed by atoms with van der Waals surface area (Å²) in [5.74, 6) is -1.51. The molecular weight excluding hydrogens is 494 g/mol. The molecule has 3 aromatic heterocycles. The summed E-state index contributed by atoms with van der Waals surface area (Å²) in [6.45, 7) is 1.13. The molecule has 0 aliphatic heterocycles. The lowest BCUT2D eigenvalue weighted by Gasteiger charge is -2.11. The van der Waals surface area contributed by atoms with Gasteiger partial charge in [0.15, 0.2) is 21.3 Å². The molecule has 0 N–H and O–H groups in total. The van der Waals surface area contributed by atoms with Crippen LogP contribution in [0.5, 0.6) is 0 Å². The zero-order valence-electron chi connectivity index (χ0n) is 15.5. The van der Waals surface area contributed by atoms with Gasteiger partial charge in [-0.25, -0.2) is 31.0 Å². The number of nitrogens with zero attached hydrogens (tertiary/aromatic N) is 4. The van der Waals surface area contributed by atoms with E-state index in [1.54, 1.807) is 0 Å². The van der Waals surface area contributed by atoms with E-state index in [1.807, 2.05) is 0 Å². The van der Waals surface area contributed by atoms with Crippen molar-refractivity contribution in [2.75, 3.05) is 5.75 Å². The average Bonchev–Trinajstić information content (AvgIpc) is 3.02. The minimum atomic E-state index is -5.79. The molecule has 3 aromatic rings. The number of aromatic nitrogens is 4. The van der Waals surface area contributed by atoms with Crippen molar-refractivity contribution in [1.29, 1.82) is 0 Å². The van der Waals surface area contributed by atoms with Crippen molar-refractivity contribution in [3.63, 3.8) is 0 Å². The Hall–Kier alpha value is -2.95. The second-order valence-corrected chi connectivity index (χ2v) is 10.4. The van der Waals surface area contributed by atoms with Gasteiger partial charge in [0, 0.05) is 18.5 Å². The van der Waals surface area contributed by atoms with Crippen molar-refractivity contribution in [2.45, 2.75) is 28.4 Å². The number of fused-ring (bicyclic) bond motifs is 1. The molecule has 3 rings (SSSR count). The van der Waals surface area contributed by atoms with Gasteiger partial charge in [-0.3, -0.25) is 0 Å². The largest absolute Gasteiger partial charge is 0.501 e. The van der Waals surface area contributed by atoms with Crippen LogP contribution in [0, 0.1) is 0 Å². The first kappa shape index (κ1) is 23.7. The molecule has 0 aromatic carbocycles. The Labute approximate surface area is 174 Å². The highest BCUT2D eigenvalue weighted by Crippen LogP contribution is 2.32. The van der Waals surface area contributed by atoms with Crippen LogP contribution >= 0.6 is 0 Å². The van der Waals surface area contributed by atoms with Crippen LogP contribution in [0.1, 0.15) is 12.5 Å². The van der Waals surface area contributed by atoms with Gasteiger partial charge in [-0.2, -0.15) is 31.0 Å². The van der Waals surface area contributed by atoms with Crippen LogP contribution in [-0.2, 0) is 25.9 Å². The standard InChI is InChI=1S/C15H10F6N4O5S2/c1-2-31(27,28)10-5-8(14(16,17)18)7-22-12(10)25-13(26)24-4-3-9(6-11(24)23-25)32(29,30)15(19,20)21/h3-7H,2H2,1H3. The van der Waals surface area contributed by atoms with E-state index in [-0.39, 0.29) is 16.9 Å². The summed E-state index contributed by atoms with van der Waals surface area (Å²) in [5, 5.41) is 3.57. The van der Waals surface area contributed by atoms with E-state index < -0.39 is 69.6 Å². The van der Waals surface area contributed by atoms with E-state index in [0.29, 0.717) is 22.7 Å². The van der Waals surface area contributed by atoms with Gasteiger partial charge in [-0.05, 0) is 12.1 Å². The summed E-state index contributed by atoms with van der Waals surface area (Å²) in [5.41, 5.74) is -8.94. The fraction of sp³-hybridized carbons (Fsp3) is 0.267. The molecule has 17 heteroatoms. The summed E-state index contributed by atoms with van der Waals surface area (Å²) in [6.07, 6.45) is -4.08. The van der Waals surface area contributed by atoms with Gasteiger partial charge in [0.2, 0.25) is 0 Å². The minimum Gasteiger partial charge on any atom is -0.250 e. The van der Waals surface area contributed by atoms with Gasteiger partial charge in [0.1, 0.15) is 4.90 Å². The van der Waals surface area contributed by atoms with E-state index in [0.717, 1.165) is 6.92 Å². The summed E-state index contributed by atoms with van der Waals surface area (Å²) in [7, 11) is -10.2. The lowest BCUT2D eigenvalue weighted by atomic mass is 10.3. The average molecular weight is 504 g/mol. The fourth-order valence-corrected chi connectivity index (χ4v) is 4.33. The summed E-state index contributed by atoms with van der Waals surface area (Å²) < 4.78 is 126. The zero-order valence-corrected chi connectivity index (χ0v) is 17.1. The molecule has 0 fully saturated rings. The maximum atomic E-state index is 13.0. The second kappa shape index (κ2) is 7.29. The number of hydrogen-bond acceptors (Lipinski definition) is 7. The first-order valence-corrected chi connectivity index (χ1v) is 11.4. The molecule has 0 amide bonds. The van der Waals surface area contributed by atoms with Crippen LogP contribution in [0.25, 0.3) is 11.5 Å². The molecule has 0 radical (unpaired) electrons. The number of hydrogen-bond donors (Lipinski definition) is 0. The van der Waals surface area contributed by atoms with E-state index in [1.165, 1.54) is 0 Å². The van der Waals surface area contributed by atoms with Crippen LogP contribution in [0.4, 0.5) is 26.3 Å². The SMILES string of the molecule is CCS(=O)(=O)c1cc(C(F)(F)F)cnc1-n1nc2cc(S(=O)(=O)C(F)(F)F)ccn2c1=O. The Balaban J connectivity index is 2.31. The van der Waals surface area contributed by atoms with Crippen molar-refractivity contribution in [2.24, 2.45) is 0 Å². The zero-order chi connectivity index (χ0) is 24.3. The van der Waals surface area contributed by atoms with Crippen molar-refractivity contribution >= 4 is 25.3 Å². The van der Waals surface area contributed by atoms with Crippen LogP contribution < -0.4 is 5.69 Å². The quantitative estimate of drug-likeness (QED) is 0.499. The van der Waals surface area contributed by atoms with Gasteiger partial charge < -0.3 is 0 Å². The van der Waals surface area contributed by atoms with E-state index in [9.17, 15) is 48.0 Å². The third-order valence-electron chi connectivity index (χ3n) is 4.19. The van der Waals surface area contributed by atoms with Crippen LogP contribution in [0.2, 0.25) is 0 Å².